The van der Waals surface area contributed by atoms with E-state index in [9.17, 15) is 0 Å². The predicted molar refractivity (Wildman–Crippen MR) is 152 cm³/mol. The molecule has 2 fully saturated rings. The van der Waals surface area contributed by atoms with Crippen molar-refractivity contribution in [1.82, 2.24) is 0 Å². The first-order valence-corrected chi connectivity index (χ1v) is 13.5. The van der Waals surface area contributed by atoms with Gasteiger partial charge in [0.05, 0.1) is 13.2 Å². The molecule has 3 aliphatic heterocycles. The second-order valence-electron chi connectivity index (χ2n) is 10.3. The van der Waals surface area contributed by atoms with Gasteiger partial charge in [0.25, 0.3) is 0 Å². The molecule has 0 bridgehead atoms. The molecule has 0 amide bonds. The summed E-state index contributed by atoms with van der Waals surface area (Å²) >= 11 is 0. The van der Waals surface area contributed by atoms with Crippen LogP contribution in [-0.2, 0) is 10.3 Å². The van der Waals surface area contributed by atoms with Crippen LogP contribution < -0.4 is 14.5 Å². The van der Waals surface area contributed by atoms with E-state index >= 15 is 0 Å². The van der Waals surface area contributed by atoms with Gasteiger partial charge in [-0.25, -0.2) is 0 Å². The SMILES string of the molecule is C1=CC(c2ccccc2)(c2ccc(N3CCCC3)cc2)Oc2ccc3cc(N4CCOCC4)ccc3c21. The smallest absolute Gasteiger partial charge is 0.178 e. The summed E-state index contributed by atoms with van der Waals surface area (Å²) in [6, 6.07) is 30.7. The lowest BCUT2D eigenvalue weighted by atomic mass is 9.83. The van der Waals surface area contributed by atoms with Gasteiger partial charge in [-0.15, -0.1) is 0 Å². The van der Waals surface area contributed by atoms with Crippen LogP contribution in [0.15, 0.2) is 91.0 Å². The molecule has 7 rings (SSSR count). The molecular weight excluding hydrogens is 456 g/mol. The molecule has 0 N–H and O–H groups in total. The molecule has 4 nitrogen and oxygen atoms in total. The molecule has 1 unspecified atom stereocenters. The minimum atomic E-state index is -0.667. The zero-order valence-corrected chi connectivity index (χ0v) is 21.1. The topological polar surface area (TPSA) is 24.9 Å². The molecule has 3 aliphatic rings. The lowest BCUT2D eigenvalue weighted by Crippen LogP contribution is -2.36. The van der Waals surface area contributed by atoms with Gasteiger partial charge in [0, 0.05) is 54.2 Å². The van der Waals surface area contributed by atoms with Crippen molar-refractivity contribution in [1.29, 1.82) is 0 Å². The zero-order chi connectivity index (χ0) is 24.7. The number of fused-ring (bicyclic) bond motifs is 3. The van der Waals surface area contributed by atoms with Crippen LogP contribution in [-0.4, -0.2) is 39.4 Å². The van der Waals surface area contributed by atoms with Crippen LogP contribution in [0, 0.1) is 0 Å². The molecule has 4 aromatic carbocycles. The van der Waals surface area contributed by atoms with Crippen molar-refractivity contribution in [3.63, 3.8) is 0 Å². The zero-order valence-electron chi connectivity index (χ0n) is 21.1. The van der Waals surface area contributed by atoms with E-state index < -0.39 is 5.60 Å². The van der Waals surface area contributed by atoms with Gasteiger partial charge >= 0.3 is 0 Å². The maximum Gasteiger partial charge on any atom is 0.178 e. The van der Waals surface area contributed by atoms with Gasteiger partial charge in [-0.2, -0.15) is 0 Å². The monoisotopic (exact) mass is 488 g/mol. The third kappa shape index (κ3) is 3.96. The fourth-order valence-electron chi connectivity index (χ4n) is 6.07. The summed E-state index contributed by atoms with van der Waals surface area (Å²) in [6.07, 6.45) is 7.06. The molecule has 0 aliphatic carbocycles. The Morgan fingerprint density at radius 3 is 2.14 bits per heavy atom. The van der Waals surface area contributed by atoms with Gasteiger partial charge in [-0.1, -0.05) is 54.6 Å². The maximum absolute atomic E-state index is 6.98. The van der Waals surface area contributed by atoms with Gasteiger partial charge < -0.3 is 19.3 Å². The van der Waals surface area contributed by atoms with E-state index in [1.165, 1.54) is 35.0 Å². The van der Waals surface area contributed by atoms with Crippen LogP contribution >= 0.6 is 0 Å². The molecule has 0 spiro atoms. The first kappa shape index (κ1) is 22.4. The molecule has 4 aromatic rings. The Labute approximate surface area is 218 Å². The van der Waals surface area contributed by atoms with Gasteiger partial charge in [0.2, 0.25) is 0 Å². The number of anilines is 2. The Morgan fingerprint density at radius 1 is 0.649 bits per heavy atom. The van der Waals surface area contributed by atoms with Crippen LogP contribution in [0.5, 0.6) is 5.75 Å². The van der Waals surface area contributed by atoms with Crippen LogP contribution in [0.3, 0.4) is 0 Å². The fourth-order valence-corrected chi connectivity index (χ4v) is 6.07. The van der Waals surface area contributed by atoms with Crippen molar-refractivity contribution in [2.75, 3.05) is 49.2 Å². The molecule has 0 saturated carbocycles. The third-order valence-corrected chi connectivity index (χ3v) is 8.11. The third-order valence-electron chi connectivity index (χ3n) is 8.11. The highest BCUT2D eigenvalue weighted by Crippen LogP contribution is 2.44. The predicted octanol–water partition coefficient (Wildman–Crippen LogP) is 6.63. The number of nitrogens with zero attached hydrogens (tertiary/aromatic N) is 2. The summed E-state index contributed by atoms with van der Waals surface area (Å²) in [4.78, 5) is 4.88. The molecule has 1 atom stereocenters. The van der Waals surface area contributed by atoms with E-state index in [2.05, 4.69) is 107 Å². The van der Waals surface area contributed by atoms with Crippen molar-refractivity contribution in [3.8, 4) is 5.75 Å². The van der Waals surface area contributed by atoms with Crippen molar-refractivity contribution in [2.45, 2.75) is 18.4 Å². The lowest BCUT2D eigenvalue weighted by molar-refractivity contribution is 0.122. The quantitative estimate of drug-likeness (QED) is 0.322. The highest BCUT2D eigenvalue weighted by atomic mass is 16.5. The second-order valence-corrected chi connectivity index (χ2v) is 10.3. The van der Waals surface area contributed by atoms with E-state index in [-0.39, 0.29) is 0 Å². The molecule has 3 heterocycles. The van der Waals surface area contributed by atoms with Crippen molar-refractivity contribution in [2.24, 2.45) is 0 Å². The number of rotatable bonds is 4. The summed E-state index contributed by atoms with van der Waals surface area (Å²) in [5.74, 6) is 0.918. The van der Waals surface area contributed by atoms with Crippen LogP contribution in [0.25, 0.3) is 16.8 Å². The van der Waals surface area contributed by atoms with Crippen molar-refractivity contribution >= 4 is 28.2 Å². The number of morpholine rings is 1. The highest BCUT2D eigenvalue weighted by molar-refractivity contribution is 5.96. The van der Waals surface area contributed by atoms with Crippen molar-refractivity contribution in [3.05, 3.63) is 108 Å². The van der Waals surface area contributed by atoms with Crippen LogP contribution in [0.2, 0.25) is 0 Å². The van der Waals surface area contributed by atoms with E-state index in [4.69, 9.17) is 9.47 Å². The Balaban J connectivity index is 1.28. The molecule has 0 radical (unpaired) electrons. The van der Waals surface area contributed by atoms with E-state index in [0.29, 0.717) is 0 Å². The van der Waals surface area contributed by atoms with Gasteiger partial charge in [0.1, 0.15) is 5.75 Å². The standard InChI is InChI=1S/C33H32N2O2/c1-2-6-26(7-3-1)33(27-9-11-28(12-10-27)34-18-4-5-19-34)17-16-31-30-14-13-29(35-20-22-36-23-21-35)24-25(30)8-15-32(31)37-33/h1-3,6-17,24H,4-5,18-23H2. The first-order valence-electron chi connectivity index (χ1n) is 13.5. The molecular formula is C33H32N2O2. The second kappa shape index (κ2) is 9.28. The maximum atomic E-state index is 6.98. The lowest BCUT2D eigenvalue weighted by Gasteiger charge is -2.36. The van der Waals surface area contributed by atoms with E-state index in [1.807, 2.05) is 0 Å². The van der Waals surface area contributed by atoms with Crippen LogP contribution in [0.4, 0.5) is 11.4 Å². The summed E-state index contributed by atoms with van der Waals surface area (Å²) < 4.78 is 12.5. The molecule has 186 valence electrons. The number of ether oxygens (including phenoxy) is 2. The normalized spacial score (nSPS) is 21.2. The summed E-state index contributed by atoms with van der Waals surface area (Å²) in [5, 5.41) is 2.45. The number of hydrogen-bond acceptors (Lipinski definition) is 4. The van der Waals surface area contributed by atoms with Crippen molar-refractivity contribution < 1.29 is 9.47 Å². The van der Waals surface area contributed by atoms with Crippen LogP contribution in [0.1, 0.15) is 29.5 Å². The Hall–Kier alpha value is -3.76. The Bertz CT molecular complexity index is 1430. The van der Waals surface area contributed by atoms with E-state index in [1.54, 1.807) is 0 Å². The minimum Gasteiger partial charge on any atom is -0.473 e. The summed E-state index contributed by atoms with van der Waals surface area (Å²) in [5.41, 5.74) is 5.31. The van der Waals surface area contributed by atoms with Gasteiger partial charge in [-0.05, 0) is 66.1 Å². The molecule has 37 heavy (non-hydrogen) atoms. The first-order chi connectivity index (χ1) is 18.3. The molecule has 2 saturated heterocycles. The average Bonchev–Trinajstić information content (AvgIpc) is 3.53. The number of benzene rings is 4. The molecule has 4 heteroatoms. The van der Waals surface area contributed by atoms with Gasteiger partial charge in [0.15, 0.2) is 5.60 Å². The average molecular weight is 489 g/mol. The Kier molecular flexibility index (Phi) is 5.63. The Morgan fingerprint density at radius 2 is 1.35 bits per heavy atom. The highest BCUT2D eigenvalue weighted by Gasteiger charge is 2.37. The molecule has 0 aromatic heterocycles. The number of hydrogen-bond donors (Lipinski definition) is 0. The van der Waals surface area contributed by atoms with Gasteiger partial charge in [-0.3, -0.25) is 0 Å². The minimum absolute atomic E-state index is 0.667. The fraction of sp³-hybridized carbons (Fsp3) is 0.273. The summed E-state index contributed by atoms with van der Waals surface area (Å²) in [7, 11) is 0. The van der Waals surface area contributed by atoms with E-state index in [0.717, 1.165) is 61.8 Å². The summed E-state index contributed by atoms with van der Waals surface area (Å²) in [6.45, 7) is 5.75. The largest absolute Gasteiger partial charge is 0.473 e.